The highest BCUT2D eigenvalue weighted by Crippen LogP contribution is 2.26. The molecule has 0 saturated carbocycles. The highest BCUT2D eigenvalue weighted by atomic mass is 35.5. The maximum atomic E-state index is 12.9. The Morgan fingerprint density at radius 2 is 1.58 bits per heavy atom. The van der Waals surface area contributed by atoms with Crippen molar-refractivity contribution in [2.45, 2.75) is 25.9 Å². The number of hydrazine groups is 1. The van der Waals surface area contributed by atoms with Crippen molar-refractivity contribution in [1.82, 2.24) is 10.7 Å². The van der Waals surface area contributed by atoms with Gasteiger partial charge in [0, 0.05) is 11.1 Å². The van der Waals surface area contributed by atoms with E-state index in [0.717, 1.165) is 22.3 Å². The first-order valence-electron chi connectivity index (χ1n) is 10.0. The van der Waals surface area contributed by atoms with Crippen LogP contribution in [0.5, 0.6) is 0 Å². The molecule has 2 N–H and O–H groups in total. The van der Waals surface area contributed by atoms with Crippen LogP contribution in [0.1, 0.15) is 38.7 Å². The Bertz CT molecular complexity index is 1150. The first-order chi connectivity index (χ1) is 14.9. The molecule has 0 aromatic heterocycles. The highest BCUT2D eigenvalue weighted by Gasteiger charge is 2.47. The van der Waals surface area contributed by atoms with E-state index in [2.05, 4.69) is 10.7 Å². The van der Waals surface area contributed by atoms with Gasteiger partial charge in [-0.3, -0.25) is 9.59 Å². The van der Waals surface area contributed by atoms with Crippen molar-refractivity contribution in [1.29, 1.82) is 0 Å². The van der Waals surface area contributed by atoms with Gasteiger partial charge in [-0.1, -0.05) is 71.3 Å². The number of nitrogens with zero attached hydrogens (tertiary/aromatic N) is 1. The average Bonchev–Trinajstić information content (AvgIpc) is 3.05. The van der Waals surface area contributed by atoms with Crippen molar-refractivity contribution in [3.8, 4) is 0 Å². The lowest BCUT2D eigenvalue weighted by Gasteiger charge is -2.15. The molecule has 1 aliphatic heterocycles. The summed E-state index contributed by atoms with van der Waals surface area (Å²) in [5.41, 5.74) is 7.23. The summed E-state index contributed by atoms with van der Waals surface area (Å²) in [5, 5.41) is 3.49. The number of hydrogen-bond acceptors (Lipinski definition) is 2. The van der Waals surface area contributed by atoms with Crippen LogP contribution < -0.4 is 10.7 Å². The van der Waals surface area contributed by atoms with Crippen LogP contribution in [0.2, 0.25) is 5.02 Å². The number of halogens is 1. The zero-order chi connectivity index (χ0) is 22.0. The van der Waals surface area contributed by atoms with Gasteiger partial charge in [0.25, 0.3) is 5.91 Å². The van der Waals surface area contributed by atoms with Crippen LogP contribution in [0, 0.1) is 13.8 Å². The van der Waals surface area contributed by atoms with E-state index in [9.17, 15) is 9.59 Å². The molecule has 5 nitrogen and oxygen atoms in total. The molecule has 156 valence electrons. The van der Waals surface area contributed by atoms with Crippen LogP contribution in [-0.2, 0) is 4.79 Å². The van der Waals surface area contributed by atoms with E-state index in [-0.39, 0.29) is 11.8 Å². The fourth-order valence-electron chi connectivity index (χ4n) is 3.60. The number of aryl methyl sites for hydroxylation is 2. The fourth-order valence-corrected chi connectivity index (χ4v) is 3.79. The van der Waals surface area contributed by atoms with Crippen molar-refractivity contribution in [3.63, 3.8) is 0 Å². The topological polar surface area (TPSA) is 61.2 Å². The number of carbonyl (C=O) groups is 2. The molecular weight excluding hydrogens is 410 g/mol. The lowest BCUT2D eigenvalue weighted by atomic mass is 9.98. The summed E-state index contributed by atoms with van der Waals surface area (Å²) in [6.45, 7) is 3.97. The maximum absolute atomic E-state index is 12.9. The van der Waals surface area contributed by atoms with Gasteiger partial charge in [0.1, 0.15) is 0 Å². The van der Waals surface area contributed by atoms with Gasteiger partial charge in [-0.25, -0.2) is 0 Å². The Balaban J connectivity index is 1.71. The van der Waals surface area contributed by atoms with Crippen LogP contribution in [0.25, 0.3) is 0 Å². The number of hydrazone groups is 1. The molecule has 2 amide bonds. The molecule has 0 aliphatic carbocycles. The predicted octanol–water partition coefficient (Wildman–Crippen LogP) is 3.97. The van der Waals surface area contributed by atoms with E-state index < -0.39 is 12.1 Å². The largest absolute Gasteiger partial charge is 0.334 e. The van der Waals surface area contributed by atoms with E-state index in [0.29, 0.717) is 10.6 Å². The Hall–Kier alpha value is -3.44. The van der Waals surface area contributed by atoms with Crippen LogP contribution in [0.15, 0.2) is 72.8 Å². The molecule has 0 radical (unpaired) electrons. The molecule has 1 aliphatic rings. The summed E-state index contributed by atoms with van der Waals surface area (Å²) in [7, 11) is 0. The zero-order valence-electron chi connectivity index (χ0n) is 17.3. The standard InChI is InChI=1S/C25H22ClN3O2/c1-16-7-11-18(12-8-16)23-22(27-24(30)19-13-9-17(2)10-14-19)25(31)28-29(23)15-20-5-3-4-6-21(20)26/h3-15,22-23H,1-2H3,(H-,27,28,30,31)/p+1/b29-15-/t22-,23-/m1/s1. The van der Waals surface area contributed by atoms with Gasteiger partial charge >= 0.3 is 5.91 Å². The third kappa shape index (κ3) is 4.52. The quantitative estimate of drug-likeness (QED) is 0.613. The van der Waals surface area contributed by atoms with Gasteiger partial charge in [0.15, 0.2) is 6.04 Å². The number of carbonyl (C=O) groups excluding carboxylic acids is 2. The Morgan fingerprint density at radius 1 is 0.968 bits per heavy atom. The second-order valence-corrected chi connectivity index (χ2v) is 8.11. The third-order valence-electron chi connectivity index (χ3n) is 5.34. The van der Waals surface area contributed by atoms with Gasteiger partial charge in [-0.15, -0.1) is 10.1 Å². The number of nitrogens with one attached hydrogen (secondary N) is 2. The van der Waals surface area contributed by atoms with Crippen molar-refractivity contribution in [3.05, 3.63) is 106 Å². The van der Waals surface area contributed by atoms with E-state index >= 15 is 0 Å². The molecule has 0 bridgehead atoms. The van der Waals surface area contributed by atoms with E-state index in [1.54, 1.807) is 29.1 Å². The van der Waals surface area contributed by atoms with Crippen molar-refractivity contribution < 1.29 is 14.3 Å². The molecule has 1 fully saturated rings. The minimum atomic E-state index is -0.768. The molecule has 1 saturated heterocycles. The normalized spacial score (nSPS) is 19.3. The third-order valence-corrected chi connectivity index (χ3v) is 5.68. The predicted molar refractivity (Wildman–Crippen MR) is 121 cm³/mol. The van der Waals surface area contributed by atoms with Gasteiger partial charge in [-0.05, 0) is 38.1 Å². The zero-order valence-corrected chi connectivity index (χ0v) is 18.1. The minimum absolute atomic E-state index is 0.283. The number of benzene rings is 3. The Labute approximate surface area is 186 Å². The average molecular weight is 433 g/mol. The lowest BCUT2D eigenvalue weighted by Crippen LogP contribution is -2.42. The summed E-state index contributed by atoms with van der Waals surface area (Å²) < 4.78 is 1.72. The van der Waals surface area contributed by atoms with Gasteiger partial charge in [-0.2, -0.15) is 0 Å². The van der Waals surface area contributed by atoms with Crippen molar-refractivity contribution in [2.24, 2.45) is 0 Å². The summed E-state index contributed by atoms with van der Waals surface area (Å²) in [6.07, 6.45) is 1.79. The molecule has 1 heterocycles. The molecule has 4 rings (SSSR count). The summed E-state index contributed by atoms with van der Waals surface area (Å²) in [6, 6.07) is 21.4. The molecule has 2 atom stereocenters. The van der Waals surface area contributed by atoms with Crippen LogP contribution in [0.4, 0.5) is 0 Å². The molecule has 0 unspecified atom stereocenters. The highest BCUT2D eigenvalue weighted by molar-refractivity contribution is 6.32. The first-order valence-corrected chi connectivity index (χ1v) is 10.4. The SMILES string of the molecule is Cc1ccc(C(=O)N[C@H]2C(=O)N/[N+](=C\c3ccccc3Cl)[C@@H]2c2ccc(C)cc2)cc1. The molecule has 31 heavy (non-hydrogen) atoms. The van der Waals surface area contributed by atoms with Crippen LogP contribution in [-0.4, -0.2) is 28.8 Å². The van der Waals surface area contributed by atoms with Gasteiger partial charge < -0.3 is 5.32 Å². The summed E-state index contributed by atoms with van der Waals surface area (Å²) in [4.78, 5) is 25.8. The molecule has 3 aromatic carbocycles. The molecule has 3 aromatic rings. The number of hydrogen-bond donors (Lipinski definition) is 2. The number of amides is 2. The number of rotatable bonds is 4. The summed E-state index contributed by atoms with van der Waals surface area (Å²) in [5.74, 6) is -0.578. The molecule has 6 heteroatoms. The van der Waals surface area contributed by atoms with Gasteiger partial charge in [0.2, 0.25) is 12.3 Å². The van der Waals surface area contributed by atoms with Crippen molar-refractivity contribution in [2.75, 3.05) is 0 Å². The van der Waals surface area contributed by atoms with Crippen molar-refractivity contribution >= 4 is 29.6 Å². The van der Waals surface area contributed by atoms with E-state index in [1.165, 1.54) is 0 Å². The first kappa shape index (κ1) is 20.8. The Morgan fingerprint density at radius 3 is 2.23 bits per heavy atom. The van der Waals surface area contributed by atoms with Gasteiger partial charge in [0.05, 0.1) is 10.6 Å². The van der Waals surface area contributed by atoms with E-state index in [1.807, 2.05) is 68.4 Å². The Kier molecular flexibility index (Phi) is 5.87. The summed E-state index contributed by atoms with van der Waals surface area (Å²) >= 11 is 6.33. The smallest absolute Gasteiger partial charge is 0.304 e. The maximum Gasteiger partial charge on any atom is 0.304 e. The lowest BCUT2D eigenvalue weighted by molar-refractivity contribution is -0.596. The second-order valence-electron chi connectivity index (χ2n) is 7.71. The van der Waals surface area contributed by atoms with Crippen LogP contribution >= 0.6 is 11.6 Å². The second kappa shape index (κ2) is 8.74. The van der Waals surface area contributed by atoms with Crippen LogP contribution in [0.3, 0.4) is 0 Å². The fraction of sp³-hybridized carbons (Fsp3) is 0.160. The molecule has 0 spiro atoms. The minimum Gasteiger partial charge on any atom is -0.334 e. The van der Waals surface area contributed by atoms with E-state index in [4.69, 9.17) is 11.6 Å². The monoisotopic (exact) mass is 432 g/mol. The molecular formula is C25H23ClN3O2+.